The van der Waals surface area contributed by atoms with Gasteiger partial charge in [-0.25, -0.2) is 9.13 Å². The average Bonchev–Trinajstić information content (AvgIpc) is 3.38. The fourth-order valence-electron chi connectivity index (χ4n) is 10.8. The van der Waals surface area contributed by atoms with Gasteiger partial charge in [-0.3, -0.25) is 37.3 Å². The van der Waals surface area contributed by atoms with Crippen LogP contribution < -0.4 is 0 Å². The number of carbonyl (C=O) groups excluding carboxylic acids is 4. The number of unbranched alkanes of at least 4 members (excludes halogenated alkanes) is 35. The van der Waals surface area contributed by atoms with Crippen LogP contribution in [0, 0.1) is 23.7 Å². The molecule has 0 fully saturated rings. The molecule has 0 aliphatic carbocycles. The lowest BCUT2D eigenvalue weighted by molar-refractivity contribution is -0.161. The summed E-state index contributed by atoms with van der Waals surface area (Å²) < 4.78 is 68.3. The maximum absolute atomic E-state index is 13.0. The van der Waals surface area contributed by atoms with Crippen molar-refractivity contribution in [1.29, 1.82) is 0 Å². The Hall–Kier alpha value is -1.94. The molecular weight excluding hydrogens is 1200 g/mol. The molecule has 540 valence electrons. The quantitative estimate of drug-likeness (QED) is 0.0222. The molecule has 0 aromatic rings. The van der Waals surface area contributed by atoms with E-state index in [0.717, 1.165) is 114 Å². The number of carbonyl (C=O) groups is 4. The van der Waals surface area contributed by atoms with Gasteiger partial charge in [-0.05, 0) is 49.4 Å². The van der Waals surface area contributed by atoms with Gasteiger partial charge < -0.3 is 33.8 Å². The van der Waals surface area contributed by atoms with E-state index in [-0.39, 0.29) is 25.7 Å². The molecule has 0 heterocycles. The van der Waals surface area contributed by atoms with Crippen LogP contribution in [0.25, 0.3) is 0 Å². The van der Waals surface area contributed by atoms with Crippen LogP contribution in [-0.2, 0) is 65.4 Å². The van der Waals surface area contributed by atoms with Gasteiger partial charge in [0.05, 0.1) is 26.4 Å². The van der Waals surface area contributed by atoms with Gasteiger partial charge >= 0.3 is 39.5 Å². The number of esters is 4. The van der Waals surface area contributed by atoms with Gasteiger partial charge in [0.1, 0.15) is 19.3 Å². The molecule has 19 heteroatoms. The van der Waals surface area contributed by atoms with Crippen LogP contribution in [0.4, 0.5) is 0 Å². The van der Waals surface area contributed by atoms with Crippen LogP contribution in [0.1, 0.15) is 357 Å². The molecule has 0 radical (unpaired) electrons. The standard InChI is InChI=1S/C72H140O17P2/c1-62(2)48-40-32-24-17-13-10-9-11-15-20-29-38-46-54-71(76)88-68(59-83-70(75)53-45-37-31-23-27-35-43-51-65(7)8)61-87-91(80,81)85-57-66(73)56-84-90(78,79)86-60-67(89-72(77)55-47-39-30-22-21-26-34-42-50-64(5)6)58-82-69(74)52-44-36-28-19-16-12-14-18-25-33-41-49-63(3)4/h62-68,73H,9-61H2,1-8H3,(H,78,79)(H,80,81)/t66?,67-,68-/m1/s1. The third-order valence-electron chi connectivity index (χ3n) is 16.6. The summed E-state index contributed by atoms with van der Waals surface area (Å²) in [5.41, 5.74) is 0. The average molecular weight is 1340 g/mol. The van der Waals surface area contributed by atoms with Crippen molar-refractivity contribution >= 4 is 39.5 Å². The normalized spacial score (nSPS) is 14.2. The molecule has 0 spiro atoms. The van der Waals surface area contributed by atoms with Gasteiger partial charge in [-0.1, -0.05) is 306 Å². The summed E-state index contributed by atoms with van der Waals surface area (Å²) in [6.45, 7) is 14.1. The number of hydrogen-bond acceptors (Lipinski definition) is 15. The predicted octanol–water partition coefficient (Wildman–Crippen LogP) is 20.5. The molecule has 0 rings (SSSR count). The third-order valence-corrected chi connectivity index (χ3v) is 18.5. The number of rotatable bonds is 69. The molecule has 0 aliphatic heterocycles. The number of phosphoric acid groups is 2. The maximum Gasteiger partial charge on any atom is 0.472 e. The first-order valence-corrected chi connectivity index (χ1v) is 40.2. The van der Waals surface area contributed by atoms with E-state index in [1.807, 2.05) is 0 Å². The minimum atomic E-state index is -4.95. The van der Waals surface area contributed by atoms with Crippen LogP contribution in [0.2, 0.25) is 0 Å². The fourth-order valence-corrected chi connectivity index (χ4v) is 12.4. The van der Waals surface area contributed by atoms with Gasteiger partial charge in [0.25, 0.3) is 0 Å². The van der Waals surface area contributed by atoms with E-state index >= 15 is 0 Å². The van der Waals surface area contributed by atoms with Crippen LogP contribution in [0.15, 0.2) is 0 Å². The lowest BCUT2D eigenvalue weighted by atomic mass is 10.0. The van der Waals surface area contributed by atoms with E-state index in [4.69, 9.17) is 37.0 Å². The summed E-state index contributed by atoms with van der Waals surface area (Å²) in [6, 6.07) is 0. The van der Waals surface area contributed by atoms with Crippen molar-refractivity contribution in [3.63, 3.8) is 0 Å². The molecule has 17 nitrogen and oxygen atoms in total. The second-order valence-electron chi connectivity index (χ2n) is 27.9. The summed E-state index contributed by atoms with van der Waals surface area (Å²) in [7, 11) is -9.91. The predicted molar refractivity (Wildman–Crippen MR) is 367 cm³/mol. The smallest absolute Gasteiger partial charge is 0.462 e. The lowest BCUT2D eigenvalue weighted by Crippen LogP contribution is -2.30. The van der Waals surface area contributed by atoms with E-state index in [2.05, 4.69) is 55.4 Å². The summed E-state index contributed by atoms with van der Waals surface area (Å²) >= 11 is 0. The topological polar surface area (TPSA) is 237 Å². The van der Waals surface area contributed by atoms with Crippen molar-refractivity contribution in [2.24, 2.45) is 23.7 Å². The first-order chi connectivity index (χ1) is 43.6. The molecule has 0 saturated heterocycles. The molecule has 0 bridgehead atoms. The van der Waals surface area contributed by atoms with Crippen molar-refractivity contribution in [2.75, 3.05) is 39.6 Å². The zero-order chi connectivity index (χ0) is 67.5. The van der Waals surface area contributed by atoms with Crippen LogP contribution in [-0.4, -0.2) is 96.7 Å². The Morgan fingerprint density at radius 2 is 0.462 bits per heavy atom. The Labute approximate surface area is 556 Å². The summed E-state index contributed by atoms with van der Waals surface area (Å²) in [6.07, 6.45) is 44.5. The molecule has 0 saturated carbocycles. The van der Waals surface area contributed by atoms with E-state index in [1.165, 1.54) is 154 Å². The second kappa shape index (κ2) is 61.6. The number of phosphoric ester groups is 2. The van der Waals surface area contributed by atoms with E-state index in [0.29, 0.717) is 31.6 Å². The number of hydrogen-bond donors (Lipinski definition) is 3. The molecule has 0 aromatic carbocycles. The zero-order valence-electron chi connectivity index (χ0n) is 59.5. The maximum atomic E-state index is 13.0. The lowest BCUT2D eigenvalue weighted by Gasteiger charge is -2.21. The van der Waals surface area contributed by atoms with Gasteiger partial charge in [0.2, 0.25) is 0 Å². The van der Waals surface area contributed by atoms with E-state index < -0.39 is 97.5 Å². The minimum Gasteiger partial charge on any atom is -0.462 e. The fraction of sp³-hybridized carbons (Fsp3) is 0.944. The zero-order valence-corrected chi connectivity index (χ0v) is 61.3. The number of ether oxygens (including phenoxy) is 4. The molecule has 5 atom stereocenters. The molecule has 0 amide bonds. The molecule has 3 N–H and O–H groups in total. The highest BCUT2D eigenvalue weighted by atomic mass is 31.2. The number of aliphatic hydroxyl groups excluding tert-OH is 1. The Kier molecular flexibility index (Phi) is 60.3. The Morgan fingerprint density at radius 3 is 0.681 bits per heavy atom. The Bertz CT molecular complexity index is 1800. The van der Waals surface area contributed by atoms with Gasteiger partial charge in [0, 0.05) is 25.7 Å². The molecule has 91 heavy (non-hydrogen) atoms. The summed E-state index contributed by atoms with van der Waals surface area (Å²) in [5.74, 6) is 0.853. The first kappa shape index (κ1) is 89.1. The largest absolute Gasteiger partial charge is 0.472 e. The minimum absolute atomic E-state index is 0.104. The Morgan fingerprint density at radius 1 is 0.275 bits per heavy atom. The van der Waals surface area contributed by atoms with Crippen LogP contribution in [0.5, 0.6) is 0 Å². The van der Waals surface area contributed by atoms with Crippen molar-refractivity contribution < 1.29 is 80.2 Å². The molecular formula is C72H140O17P2. The van der Waals surface area contributed by atoms with Gasteiger partial charge in [-0.2, -0.15) is 0 Å². The SMILES string of the molecule is CC(C)CCCCCCCCCCCCCCCC(=O)O[C@H](COC(=O)CCCCCCCCCC(C)C)COP(=O)(O)OCC(O)COP(=O)(O)OC[C@@H](COC(=O)CCCCCCCCCCCCCC(C)C)OC(=O)CCCCCCCCCCC(C)C. The number of aliphatic hydroxyl groups is 1. The summed E-state index contributed by atoms with van der Waals surface area (Å²) in [5, 5.41) is 10.6. The van der Waals surface area contributed by atoms with E-state index in [1.54, 1.807) is 0 Å². The van der Waals surface area contributed by atoms with Gasteiger partial charge in [0.15, 0.2) is 12.2 Å². The summed E-state index contributed by atoms with van der Waals surface area (Å²) in [4.78, 5) is 72.6. The monoisotopic (exact) mass is 1340 g/mol. The highest BCUT2D eigenvalue weighted by molar-refractivity contribution is 7.47. The van der Waals surface area contributed by atoms with Crippen molar-refractivity contribution in [3.8, 4) is 0 Å². The van der Waals surface area contributed by atoms with Crippen molar-refractivity contribution in [1.82, 2.24) is 0 Å². The highest BCUT2D eigenvalue weighted by Crippen LogP contribution is 2.45. The van der Waals surface area contributed by atoms with Gasteiger partial charge in [-0.15, -0.1) is 0 Å². The third kappa shape index (κ3) is 66.5. The molecule has 0 aliphatic rings. The van der Waals surface area contributed by atoms with Crippen LogP contribution in [0.3, 0.4) is 0 Å². The molecule has 0 aromatic heterocycles. The van der Waals surface area contributed by atoms with Crippen LogP contribution >= 0.6 is 15.6 Å². The molecule has 3 unspecified atom stereocenters. The highest BCUT2D eigenvalue weighted by Gasteiger charge is 2.30. The van der Waals surface area contributed by atoms with Crippen molar-refractivity contribution in [2.45, 2.75) is 375 Å². The Balaban J connectivity index is 5.24. The second-order valence-corrected chi connectivity index (χ2v) is 30.8. The van der Waals surface area contributed by atoms with Crippen molar-refractivity contribution in [3.05, 3.63) is 0 Å². The first-order valence-electron chi connectivity index (χ1n) is 37.2. The van der Waals surface area contributed by atoms with E-state index in [9.17, 15) is 43.2 Å².